The van der Waals surface area contributed by atoms with Crippen molar-refractivity contribution in [2.24, 2.45) is 0 Å². The molecule has 0 bridgehead atoms. The van der Waals surface area contributed by atoms with E-state index < -0.39 is 12.2 Å². The first-order valence-electron chi connectivity index (χ1n) is 6.96. The molecule has 1 fully saturated rings. The van der Waals surface area contributed by atoms with Gasteiger partial charge < -0.3 is 20.2 Å². The van der Waals surface area contributed by atoms with E-state index in [1.54, 1.807) is 12.3 Å². The Balaban J connectivity index is 2.04. The first-order valence-corrected chi connectivity index (χ1v) is 7.84. The normalized spacial score (nSPS) is 20.6. The number of carboxylic acid groups (broad SMARTS) is 1. The summed E-state index contributed by atoms with van der Waals surface area (Å²) in [5, 5.41) is 39.6. The van der Waals surface area contributed by atoms with Gasteiger partial charge in [0, 0.05) is 26.2 Å². The third-order valence-electron chi connectivity index (χ3n) is 4.03. The number of nitrogens with zero attached hydrogens (tertiary/aromatic N) is 3. The molecule has 0 saturated carbocycles. The number of hydrogen-bond acceptors (Lipinski definition) is 6. The van der Waals surface area contributed by atoms with E-state index in [0.717, 1.165) is 11.1 Å². The summed E-state index contributed by atoms with van der Waals surface area (Å²) in [6, 6.07) is 1.77. The van der Waals surface area contributed by atoms with Crippen LogP contribution in [0.2, 0.25) is 0 Å². The van der Waals surface area contributed by atoms with Gasteiger partial charge in [0.15, 0.2) is 0 Å². The SMILES string of the molecule is Cc1c(C(O)CN2CCN(C(=O)O)C[C@H]2CO)csc1C#N. The summed E-state index contributed by atoms with van der Waals surface area (Å²) >= 11 is 1.30. The Bertz CT molecular complexity index is 583. The monoisotopic (exact) mass is 325 g/mol. The van der Waals surface area contributed by atoms with Gasteiger partial charge in [0.05, 0.1) is 18.8 Å². The molecule has 2 heterocycles. The zero-order valence-electron chi connectivity index (χ0n) is 12.3. The minimum Gasteiger partial charge on any atom is -0.465 e. The first-order chi connectivity index (χ1) is 10.5. The number of amides is 1. The second-order valence-electron chi connectivity index (χ2n) is 5.33. The standard InChI is InChI=1S/C14H19N3O4S/c1-9-11(8-22-13(9)4-15)12(19)6-16-2-3-17(14(20)21)5-10(16)7-18/h8,10,12,18-19H,2-3,5-7H2,1H3,(H,20,21)/t10-,12?/m0/s1. The summed E-state index contributed by atoms with van der Waals surface area (Å²) in [5.74, 6) is 0. The Morgan fingerprint density at radius 3 is 2.86 bits per heavy atom. The zero-order valence-corrected chi connectivity index (χ0v) is 13.1. The summed E-state index contributed by atoms with van der Waals surface area (Å²) in [5.41, 5.74) is 1.50. The van der Waals surface area contributed by atoms with Crippen molar-refractivity contribution < 1.29 is 20.1 Å². The molecule has 1 saturated heterocycles. The first kappa shape index (κ1) is 16.7. The number of rotatable bonds is 4. The van der Waals surface area contributed by atoms with Crippen LogP contribution in [0.5, 0.6) is 0 Å². The third kappa shape index (κ3) is 3.39. The van der Waals surface area contributed by atoms with E-state index in [-0.39, 0.29) is 19.2 Å². The van der Waals surface area contributed by atoms with Crippen LogP contribution >= 0.6 is 11.3 Å². The van der Waals surface area contributed by atoms with Crippen molar-refractivity contribution in [3.8, 4) is 6.07 Å². The highest BCUT2D eigenvalue weighted by molar-refractivity contribution is 7.10. The van der Waals surface area contributed by atoms with Gasteiger partial charge in [-0.25, -0.2) is 4.79 Å². The van der Waals surface area contributed by atoms with Gasteiger partial charge in [-0.2, -0.15) is 5.26 Å². The average molecular weight is 325 g/mol. The number of piperazine rings is 1. The number of thiophene rings is 1. The summed E-state index contributed by atoms with van der Waals surface area (Å²) in [6.07, 6.45) is -1.75. The quantitative estimate of drug-likeness (QED) is 0.749. The van der Waals surface area contributed by atoms with Crippen LogP contribution in [0.3, 0.4) is 0 Å². The van der Waals surface area contributed by atoms with Crippen molar-refractivity contribution in [3.63, 3.8) is 0 Å². The molecule has 1 aliphatic rings. The van der Waals surface area contributed by atoms with E-state index in [9.17, 15) is 15.0 Å². The molecule has 3 N–H and O–H groups in total. The van der Waals surface area contributed by atoms with Crippen LogP contribution in [0.1, 0.15) is 22.1 Å². The lowest BCUT2D eigenvalue weighted by Crippen LogP contribution is -2.56. The lowest BCUT2D eigenvalue weighted by Gasteiger charge is -2.40. The van der Waals surface area contributed by atoms with Gasteiger partial charge in [-0.1, -0.05) is 0 Å². The molecule has 1 amide bonds. The highest BCUT2D eigenvalue weighted by Gasteiger charge is 2.30. The van der Waals surface area contributed by atoms with Crippen LogP contribution in [0.25, 0.3) is 0 Å². The van der Waals surface area contributed by atoms with Gasteiger partial charge in [-0.05, 0) is 23.4 Å². The molecule has 22 heavy (non-hydrogen) atoms. The smallest absolute Gasteiger partial charge is 0.407 e. The predicted molar refractivity (Wildman–Crippen MR) is 80.8 cm³/mol. The third-order valence-corrected chi connectivity index (χ3v) is 5.04. The fourth-order valence-electron chi connectivity index (χ4n) is 2.67. The van der Waals surface area contributed by atoms with Gasteiger partial charge in [-0.3, -0.25) is 4.90 Å². The van der Waals surface area contributed by atoms with E-state index in [4.69, 9.17) is 10.4 Å². The molecular weight excluding hydrogens is 306 g/mol. The maximum atomic E-state index is 11.0. The number of aliphatic hydroxyl groups excluding tert-OH is 2. The van der Waals surface area contributed by atoms with Gasteiger partial charge in [0.1, 0.15) is 10.9 Å². The minimum absolute atomic E-state index is 0.164. The van der Waals surface area contributed by atoms with Crippen molar-refractivity contribution in [2.75, 3.05) is 32.8 Å². The zero-order chi connectivity index (χ0) is 16.3. The lowest BCUT2D eigenvalue weighted by atomic mass is 10.1. The van der Waals surface area contributed by atoms with Gasteiger partial charge in [-0.15, -0.1) is 11.3 Å². The van der Waals surface area contributed by atoms with Gasteiger partial charge in [0.25, 0.3) is 0 Å². The number of β-amino-alcohol motifs (C(OH)–C–C–N with tert-alkyl or cyclic N) is 1. The number of aliphatic hydroxyl groups is 2. The molecule has 8 heteroatoms. The Hall–Kier alpha value is -1.66. The predicted octanol–water partition coefficient (Wildman–Crippen LogP) is 0.618. The summed E-state index contributed by atoms with van der Waals surface area (Å²) in [7, 11) is 0. The van der Waals surface area contributed by atoms with Gasteiger partial charge in [0.2, 0.25) is 0 Å². The highest BCUT2D eigenvalue weighted by atomic mass is 32.1. The number of carbonyl (C=O) groups is 1. The van der Waals surface area contributed by atoms with Crippen molar-refractivity contribution in [1.29, 1.82) is 5.26 Å². The molecule has 0 spiro atoms. The Morgan fingerprint density at radius 2 is 2.32 bits per heavy atom. The molecule has 7 nitrogen and oxygen atoms in total. The van der Waals surface area contributed by atoms with E-state index in [0.29, 0.717) is 24.5 Å². The molecule has 1 aliphatic heterocycles. The van der Waals surface area contributed by atoms with E-state index >= 15 is 0 Å². The van der Waals surface area contributed by atoms with E-state index in [2.05, 4.69) is 6.07 Å². The average Bonchev–Trinajstić information content (AvgIpc) is 2.88. The molecule has 0 aromatic carbocycles. The number of hydrogen-bond donors (Lipinski definition) is 3. The van der Waals surface area contributed by atoms with E-state index in [1.165, 1.54) is 16.2 Å². The molecule has 0 radical (unpaired) electrons. The summed E-state index contributed by atoms with van der Waals surface area (Å²) in [4.78, 5) is 14.7. The maximum absolute atomic E-state index is 11.0. The summed E-state index contributed by atoms with van der Waals surface area (Å²) < 4.78 is 0. The number of nitriles is 1. The Labute approximate surface area is 132 Å². The second-order valence-corrected chi connectivity index (χ2v) is 6.21. The fourth-order valence-corrected chi connectivity index (χ4v) is 3.60. The molecule has 1 unspecified atom stereocenters. The molecule has 1 aromatic rings. The Kier molecular flexibility index (Phi) is 5.37. The molecule has 1 aromatic heterocycles. The van der Waals surface area contributed by atoms with Crippen molar-refractivity contribution in [3.05, 3.63) is 21.4 Å². The minimum atomic E-state index is -0.994. The van der Waals surface area contributed by atoms with Crippen LogP contribution in [-0.2, 0) is 0 Å². The molecule has 120 valence electrons. The topological polar surface area (TPSA) is 108 Å². The second kappa shape index (κ2) is 7.07. The van der Waals surface area contributed by atoms with Crippen molar-refractivity contribution in [2.45, 2.75) is 19.1 Å². The van der Waals surface area contributed by atoms with E-state index in [1.807, 2.05) is 4.90 Å². The van der Waals surface area contributed by atoms with Crippen LogP contribution in [-0.4, -0.2) is 70.0 Å². The largest absolute Gasteiger partial charge is 0.465 e. The fraction of sp³-hybridized carbons (Fsp3) is 0.571. The maximum Gasteiger partial charge on any atom is 0.407 e. The van der Waals surface area contributed by atoms with Gasteiger partial charge >= 0.3 is 6.09 Å². The lowest BCUT2D eigenvalue weighted by molar-refractivity contribution is 0.0130. The molecule has 0 aliphatic carbocycles. The van der Waals surface area contributed by atoms with Crippen molar-refractivity contribution in [1.82, 2.24) is 9.80 Å². The van der Waals surface area contributed by atoms with Crippen LogP contribution in [0.15, 0.2) is 5.38 Å². The highest BCUT2D eigenvalue weighted by Crippen LogP contribution is 2.27. The summed E-state index contributed by atoms with van der Waals surface area (Å²) in [6.45, 7) is 2.99. The Morgan fingerprint density at radius 1 is 1.59 bits per heavy atom. The molecule has 2 atom stereocenters. The molecular formula is C14H19N3O4S. The molecule has 2 rings (SSSR count). The van der Waals surface area contributed by atoms with Crippen LogP contribution < -0.4 is 0 Å². The van der Waals surface area contributed by atoms with Crippen molar-refractivity contribution >= 4 is 17.4 Å². The van der Waals surface area contributed by atoms with Crippen LogP contribution in [0, 0.1) is 18.3 Å². The van der Waals surface area contributed by atoms with Crippen LogP contribution in [0.4, 0.5) is 4.79 Å².